The Morgan fingerprint density at radius 3 is 2.15 bits per heavy atom. The molecule has 3 aromatic heterocycles. The molecule has 46 heavy (non-hydrogen) atoms. The number of carboxylic acid groups (broad SMARTS) is 1. The molecule has 0 fully saturated rings. The molecule has 0 spiro atoms. The van der Waals surface area contributed by atoms with Gasteiger partial charge in [0.15, 0.2) is 0 Å². The van der Waals surface area contributed by atoms with Crippen LogP contribution in [0.3, 0.4) is 0 Å². The molecule has 1 aromatic carbocycles. The molecule has 1 N–H and O–H groups in total. The maximum atomic E-state index is 13.9. The van der Waals surface area contributed by atoms with E-state index in [1.54, 1.807) is 65.9 Å². The summed E-state index contributed by atoms with van der Waals surface area (Å²) in [5, 5.41) is 10.2. The van der Waals surface area contributed by atoms with E-state index in [0.717, 1.165) is 21.7 Å². The summed E-state index contributed by atoms with van der Waals surface area (Å²) in [6.45, 7) is 9.98. The quantitative estimate of drug-likeness (QED) is 0.214. The van der Waals surface area contributed by atoms with Crippen LogP contribution < -0.4 is 4.90 Å². The Balaban J connectivity index is 1.74. The molecule has 1 atom stereocenters. The van der Waals surface area contributed by atoms with Gasteiger partial charge in [0.1, 0.15) is 22.4 Å². The van der Waals surface area contributed by atoms with Crippen molar-refractivity contribution in [2.24, 2.45) is 5.41 Å². The number of anilines is 1. The highest BCUT2D eigenvalue weighted by Crippen LogP contribution is 2.31. The summed E-state index contributed by atoms with van der Waals surface area (Å²) >= 11 is 0. The first-order valence-electron chi connectivity index (χ1n) is 14.7. The Morgan fingerprint density at radius 1 is 0.870 bits per heavy atom. The molecule has 3 heterocycles. The number of rotatable bonds is 10. The van der Waals surface area contributed by atoms with Crippen molar-refractivity contribution in [3.63, 3.8) is 0 Å². The van der Waals surface area contributed by atoms with E-state index in [1.165, 1.54) is 28.8 Å². The van der Waals surface area contributed by atoms with Crippen molar-refractivity contribution in [1.82, 2.24) is 19.3 Å². The lowest BCUT2D eigenvalue weighted by atomic mass is 9.85. The van der Waals surface area contributed by atoms with E-state index in [9.17, 15) is 23.1 Å². The van der Waals surface area contributed by atoms with Crippen LogP contribution in [0.2, 0.25) is 0 Å². The molecule has 1 amide bonds. The monoisotopic (exact) mass is 645 g/mol. The number of sulfonamides is 1. The van der Waals surface area contributed by atoms with Crippen molar-refractivity contribution in [3.8, 4) is 11.3 Å². The Labute approximate surface area is 270 Å². The van der Waals surface area contributed by atoms with E-state index in [1.807, 2.05) is 42.5 Å². The van der Waals surface area contributed by atoms with Gasteiger partial charge in [0.2, 0.25) is 10.0 Å². The second kappa shape index (κ2) is 13.8. The number of aromatic nitrogens is 3. The van der Waals surface area contributed by atoms with Crippen molar-refractivity contribution in [2.45, 2.75) is 71.2 Å². The zero-order valence-electron chi connectivity index (χ0n) is 26.8. The molecule has 12 heteroatoms. The number of nitrogens with zero attached hydrogens (tertiary/aromatic N) is 5. The minimum absolute atomic E-state index is 0.00115. The molecule has 11 nitrogen and oxygen atoms in total. The van der Waals surface area contributed by atoms with Crippen LogP contribution in [-0.2, 0) is 32.6 Å². The van der Waals surface area contributed by atoms with E-state index in [4.69, 9.17) is 4.74 Å². The van der Waals surface area contributed by atoms with E-state index >= 15 is 0 Å². The number of ether oxygens (including phenoxy) is 1. The molecule has 0 radical (unpaired) electrons. The number of hydrogen-bond acceptors (Lipinski definition) is 8. The zero-order valence-corrected chi connectivity index (χ0v) is 27.6. The normalized spacial score (nSPS) is 12.8. The summed E-state index contributed by atoms with van der Waals surface area (Å²) in [6.07, 6.45) is 3.59. The molecule has 0 saturated heterocycles. The number of amides is 1. The van der Waals surface area contributed by atoms with Crippen molar-refractivity contribution >= 4 is 27.9 Å². The average Bonchev–Trinajstić information content (AvgIpc) is 2.99. The van der Waals surface area contributed by atoms with Crippen molar-refractivity contribution in [2.75, 3.05) is 4.90 Å². The maximum Gasteiger partial charge on any atom is 0.416 e. The summed E-state index contributed by atoms with van der Waals surface area (Å²) in [5.74, 6) is -1.21. The fourth-order valence-corrected chi connectivity index (χ4v) is 6.14. The third-order valence-electron chi connectivity index (χ3n) is 6.83. The molecule has 0 saturated carbocycles. The fourth-order valence-electron chi connectivity index (χ4n) is 4.77. The minimum Gasteiger partial charge on any atom is -0.480 e. The standard InChI is InChI=1S/C34H39N5O6S/c1-33(2,3)30(31(40)41)39(32(42)45-34(4,5)6)29-14-9-11-26(37-29)23-38(46(43,44)27-12-10-19-35-21-27)22-24-15-17-25(18-16-24)28-13-7-8-20-36-28/h7-21,30H,22-23H2,1-6H3,(H,40,41). The third-order valence-corrected chi connectivity index (χ3v) is 8.60. The van der Waals surface area contributed by atoms with Gasteiger partial charge in [-0.2, -0.15) is 4.31 Å². The van der Waals surface area contributed by atoms with Crippen LogP contribution in [-0.4, -0.2) is 56.5 Å². The van der Waals surface area contributed by atoms with Crippen molar-refractivity contribution in [3.05, 3.63) is 103 Å². The lowest BCUT2D eigenvalue weighted by Crippen LogP contribution is -2.54. The fraction of sp³-hybridized carbons (Fsp3) is 0.324. The van der Waals surface area contributed by atoms with Crippen LogP contribution in [0.4, 0.5) is 10.6 Å². The Morgan fingerprint density at radius 2 is 1.59 bits per heavy atom. The maximum absolute atomic E-state index is 13.9. The van der Waals surface area contributed by atoms with Gasteiger partial charge in [0, 0.05) is 30.7 Å². The van der Waals surface area contributed by atoms with Crippen LogP contribution in [0.5, 0.6) is 0 Å². The summed E-state index contributed by atoms with van der Waals surface area (Å²) in [6, 6.07) is 19.5. The lowest BCUT2D eigenvalue weighted by Gasteiger charge is -2.37. The van der Waals surface area contributed by atoms with E-state index in [-0.39, 0.29) is 23.8 Å². The van der Waals surface area contributed by atoms with Gasteiger partial charge in [-0.3, -0.25) is 9.97 Å². The first-order chi connectivity index (χ1) is 21.6. The number of benzene rings is 1. The second-order valence-corrected chi connectivity index (χ2v) is 14.8. The van der Waals surface area contributed by atoms with Gasteiger partial charge >= 0.3 is 12.1 Å². The molecule has 1 unspecified atom stereocenters. The van der Waals surface area contributed by atoms with Gasteiger partial charge in [0.05, 0.1) is 17.9 Å². The number of hydrogen-bond donors (Lipinski definition) is 1. The van der Waals surface area contributed by atoms with Gasteiger partial charge in [0.25, 0.3) is 0 Å². The molecule has 4 rings (SSSR count). The third kappa shape index (κ3) is 8.52. The first kappa shape index (κ1) is 34.2. The molecule has 0 bridgehead atoms. The lowest BCUT2D eigenvalue weighted by molar-refractivity contribution is -0.141. The van der Waals surface area contributed by atoms with Crippen LogP contribution in [0.15, 0.2) is 96.3 Å². The predicted octanol–water partition coefficient (Wildman–Crippen LogP) is 6.17. The first-order valence-corrected chi connectivity index (χ1v) is 16.1. The van der Waals surface area contributed by atoms with Crippen molar-refractivity contribution in [1.29, 1.82) is 0 Å². The summed E-state index contributed by atoms with van der Waals surface area (Å²) in [5.41, 5.74) is 0.874. The number of carbonyl (C=O) groups is 2. The summed E-state index contributed by atoms with van der Waals surface area (Å²) in [7, 11) is -4.07. The van der Waals surface area contributed by atoms with Gasteiger partial charge in [-0.1, -0.05) is 57.2 Å². The molecular formula is C34H39N5O6S. The van der Waals surface area contributed by atoms with E-state index in [0.29, 0.717) is 5.69 Å². The Bertz CT molecular complexity index is 1750. The average molecular weight is 646 g/mol. The second-order valence-electron chi connectivity index (χ2n) is 12.8. The molecular weight excluding hydrogens is 606 g/mol. The van der Waals surface area contributed by atoms with Gasteiger partial charge in [-0.15, -0.1) is 0 Å². The molecule has 0 aliphatic heterocycles. The van der Waals surface area contributed by atoms with Crippen LogP contribution >= 0.6 is 0 Å². The largest absolute Gasteiger partial charge is 0.480 e. The number of aliphatic carboxylic acids is 1. The molecule has 4 aromatic rings. The highest BCUT2D eigenvalue weighted by atomic mass is 32.2. The van der Waals surface area contributed by atoms with Crippen LogP contribution in [0.25, 0.3) is 11.3 Å². The smallest absolute Gasteiger partial charge is 0.416 e. The SMILES string of the molecule is CC(C)(C)OC(=O)N(c1cccc(CN(Cc2ccc(-c3ccccn3)cc2)S(=O)(=O)c2cccnc2)n1)C(C(=O)O)C(C)(C)C. The van der Waals surface area contributed by atoms with Crippen LogP contribution in [0.1, 0.15) is 52.8 Å². The highest BCUT2D eigenvalue weighted by molar-refractivity contribution is 7.89. The highest BCUT2D eigenvalue weighted by Gasteiger charge is 2.42. The topological polar surface area (TPSA) is 143 Å². The molecule has 242 valence electrons. The Kier molecular flexibility index (Phi) is 10.2. The van der Waals surface area contributed by atoms with Gasteiger partial charge in [-0.25, -0.2) is 27.9 Å². The summed E-state index contributed by atoms with van der Waals surface area (Å²) in [4.78, 5) is 40.0. The predicted molar refractivity (Wildman–Crippen MR) is 174 cm³/mol. The van der Waals surface area contributed by atoms with Gasteiger partial charge < -0.3 is 9.84 Å². The number of carbonyl (C=O) groups excluding carboxylic acids is 1. The number of pyridine rings is 3. The zero-order chi connectivity index (χ0) is 33.7. The van der Waals surface area contributed by atoms with Gasteiger partial charge in [-0.05, 0) is 68.1 Å². The Hall–Kier alpha value is -4.68. The number of carboxylic acids is 1. The minimum atomic E-state index is -4.07. The summed E-state index contributed by atoms with van der Waals surface area (Å²) < 4.78 is 34.7. The van der Waals surface area contributed by atoms with E-state index < -0.39 is 39.1 Å². The van der Waals surface area contributed by atoms with Crippen molar-refractivity contribution < 1.29 is 27.9 Å². The van der Waals surface area contributed by atoms with Crippen LogP contribution in [0, 0.1) is 5.41 Å². The molecule has 0 aliphatic rings. The molecule has 0 aliphatic carbocycles. The van der Waals surface area contributed by atoms with E-state index in [2.05, 4.69) is 15.0 Å².